The number of aromatic nitrogens is 1. The van der Waals surface area contributed by atoms with Gasteiger partial charge in [-0.3, -0.25) is 9.59 Å². The standard InChI is InChI=1S/C22H21ClN4O2S/c23-15-11-16(18(25-12-15)21(29)27-9-4-10-27)22(14-5-2-1-3-6-14)17(13-7-8-13)19(20(24)28)30-26-22/h1-3,5-6,11-13,26H,4,7-10H2,(H2,24,28). The van der Waals surface area contributed by atoms with Gasteiger partial charge in [-0.25, -0.2) is 9.71 Å². The van der Waals surface area contributed by atoms with Crippen molar-refractivity contribution in [3.05, 3.63) is 74.9 Å². The lowest BCUT2D eigenvalue weighted by Gasteiger charge is -2.37. The minimum atomic E-state index is -0.898. The van der Waals surface area contributed by atoms with Crippen molar-refractivity contribution < 1.29 is 9.59 Å². The normalized spacial score (nSPS) is 23.4. The van der Waals surface area contributed by atoms with Crippen LogP contribution in [-0.4, -0.2) is 34.8 Å². The van der Waals surface area contributed by atoms with Crippen LogP contribution in [0.15, 0.2) is 53.1 Å². The van der Waals surface area contributed by atoms with E-state index in [1.165, 1.54) is 18.1 Å². The Morgan fingerprint density at radius 2 is 1.97 bits per heavy atom. The van der Waals surface area contributed by atoms with Crippen LogP contribution in [0.25, 0.3) is 0 Å². The predicted molar refractivity (Wildman–Crippen MR) is 117 cm³/mol. The van der Waals surface area contributed by atoms with E-state index in [-0.39, 0.29) is 11.8 Å². The minimum absolute atomic E-state index is 0.113. The van der Waals surface area contributed by atoms with Gasteiger partial charge in [0.05, 0.1) is 9.93 Å². The van der Waals surface area contributed by atoms with E-state index in [4.69, 9.17) is 17.3 Å². The van der Waals surface area contributed by atoms with Gasteiger partial charge in [-0.2, -0.15) is 0 Å². The number of rotatable bonds is 5. The second-order valence-corrected chi connectivity index (χ2v) is 9.15. The maximum absolute atomic E-state index is 13.3. The Balaban J connectivity index is 1.79. The summed E-state index contributed by atoms with van der Waals surface area (Å²) in [7, 11) is 0. The molecule has 0 bridgehead atoms. The number of amides is 2. The van der Waals surface area contributed by atoms with Gasteiger partial charge in [-0.05, 0) is 54.3 Å². The summed E-state index contributed by atoms with van der Waals surface area (Å²) in [5, 5.41) is 0.440. The van der Waals surface area contributed by atoms with Crippen LogP contribution in [-0.2, 0) is 10.3 Å². The number of nitrogens with zero attached hydrogens (tertiary/aromatic N) is 2. The van der Waals surface area contributed by atoms with E-state index in [1.54, 1.807) is 11.0 Å². The highest BCUT2D eigenvalue weighted by Crippen LogP contribution is 2.56. The van der Waals surface area contributed by atoms with Crippen LogP contribution in [0.2, 0.25) is 5.02 Å². The van der Waals surface area contributed by atoms with Gasteiger partial charge < -0.3 is 10.6 Å². The number of halogens is 1. The molecule has 154 valence electrons. The lowest BCUT2D eigenvalue weighted by Crippen LogP contribution is -2.46. The molecule has 3 aliphatic rings. The monoisotopic (exact) mass is 440 g/mol. The summed E-state index contributed by atoms with van der Waals surface area (Å²) in [4.78, 5) is 32.4. The summed E-state index contributed by atoms with van der Waals surface area (Å²) >= 11 is 7.63. The van der Waals surface area contributed by atoms with Gasteiger partial charge in [-0.1, -0.05) is 41.9 Å². The highest BCUT2D eigenvalue weighted by atomic mass is 35.5. The van der Waals surface area contributed by atoms with E-state index in [0.29, 0.717) is 21.2 Å². The molecule has 1 saturated heterocycles. The maximum Gasteiger partial charge on any atom is 0.272 e. The van der Waals surface area contributed by atoms with Crippen molar-refractivity contribution in [2.24, 2.45) is 11.7 Å². The molecule has 3 N–H and O–H groups in total. The first-order valence-corrected chi connectivity index (χ1v) is 11.2. The third-order valence-corrected chi connectivity index (χ3v) is 7.22. The quantitative estimate of drug-likeness (QED) is 0.697. The first kappa shape index (κ1) is 19.6. The molecule has 1 aromatic heterocycles. The van der Waals surface area contributed by atoms with Crippen LogP contribution in [0.5, 0.6) is 0 Å². The third kappa shape index (κ3) is 3.04. The van der Waals surface area contributed by atoms with Gasteiger partial charge in [0.1, 0.15) is 11.2 Å². The average Bonchev–Trinajstić information content (AvgIpc) is 3.45. The molecule has 1 atom stereocenters. The molecule has 2 aliphatic heterocycles. The van der Waals surface area contributed by atoms with Crippen molar-refractivity contribution in [1.29, 1.82) is 0 Å². The van der Waals surface area contributed by atoms with Crippen LogP contribution >= 0.6 is 23.5 Å². The van der Waals surface area contributed by atoms with Crippen LogP contribution in [0.1, 0.15) is 40.9 Å². The molecular formula is C22H21ClN4O2S. The van der Waals surface area contributed by atoms with E-state index in [1.807, 2.05) is 30.3 Å². The Kier molecular flexibility index (Phi) is 4.84. The summed E-state index contributed by atoms with van der Waals surface area (Å²) < 4.78 is 3.48. The van der Waals surface area contributed by atoms with E-state index in [2.05, 4.69) is 9.71 Å². The molecule has 5 rings (SSSR count). The Labute approximate surface area is 184 Å². The minimum Gasteiger partial charge on any atom is -0.365 e. The SMILES string of the molecule is NC(=O)C1=C(C2CC2)C(c2ccccc2)(c2cc(Cl)cnc2C(=O)N2CCC2)NS1. The Hall–Kier alpha value is -2.35. The molecule has 1 aromatic carbocycles. The Morgan fingerprint density at radius 3 is 2.57 bits per heavy atom. The lowest BCUT2D eigenvalue weighted by molar-refractivity contribution is -0.113. The van der Waals surface area contributed by atoms with Gasteiger partial charge >= 0.3 is 0 Å². The average molecular weight is 441 g/mol. The smallest absolute Gasteiger partial charge is 0.272 e. The molecule has 0 spiro atoms. The van der Waals surface area contributed by atoms with Crippen molar-refractivity contribution in [3.8, 4) is 0 Å². The number of nitrogens with two attached hydrogens (primary N) is 1. The fourth-order valence-corrected chi connectivity index (χ4v) is 5.56. The summed E-state index contributed by atoms with van der Waals surface area (Å²) in [6.45, 7) is 1.45. The summed E-state index contributed by atoms with van der Waals surface area (Å²) in [6, 6.07) is 11.6. The van der Waals surface area contributed by atoms with Crippen LogP contribution in [0, 0.1) is 5.92 Å². The van der Waals surface area contributed by atoms with E-state index < -0.39 is 11.4 Å². The molecule has 6 nitrogen and oxygen atoms in total. The molecule has 2 amide bonds. The van der Waals surface area contributed by atoms with Crippen molar-refractivity contribution >= 4 is 35.4 Å². The number of benzene rings is 1. The van der Waals surface area contributed by atoms with Gasteiger partial charge in [0.25, 0.3) is 11.8 Å². The predicted octanol–water partition coefficient (Wildman–Crippen LogP) is 3.23. The number of hydrogen-bond donors (Lipinski definition) is 2. The topological polar surface area (TPSA) is 88.3 Å². The largest absolute Gasteiger partial charge is 0.365 e. The Morgan fingerprint density at radius 1 is 1.23 bits per heavy atom. The van der Waals surface area contributed by atoms with E-state index in [0.717, 1.165) is 43.5 Å². The van der Waals surface area contributed by atoms with E-state index >= 15 is 0 Å². The number of pyridine rings is 1. The zero-order valence-corrected chi connectivity index (χ0v) is 17.8. The van der Waals surface area contributed by atoms with Crippen LogP contribution in [0.4, 0.5) is 0 Å². The Bertz CT molecular complexity index is 1070. The van der Waals surface area contributed by atoms with Crippen LogP contribution in [0.3, 0.4) is 0 Å². The van der Waals surface area contributed by atoms with E-state index in [9.17, 15) is 9.59 Å². The van der Waals surface area contributed by atoms with Crippen LogP contribution < -0.4 is 10.5 Å². The number of primary amides is 1. The summed E-state index contributed by atoms with van der Waals surface area (Å²) in [6.07, 6.45) is 4.46. The fourth-order valence-electron chi connectivity index (χ4n) is 4.28. The van der Waals surface area contributed by atoms with Gasteiger partial charge in [-0.15, -0.1) is 0 Å². The first-order chi connectivity index (χ1) is 14.5. The third-order valence-electron chi connectivity index (χ3n) is 5.98. The molecule has 3 heterocycles. The van der Waals surface area contributed by atoms with Gasteiger partial charge in [0.2, 0.25) is 0 Å². The summed E-state index contributed by atoms with van der Waals surface area (Å²) in [5.41, 5.74) is 7.75. The number of likely N-dealkylation sites (tertiary alicyclic amines) is 1. The van der Waals surface area contributed by atoms with Gasteiger partial charge in [0.15, 0.2) is 0 Å². The van der Waals surface area contributed by atoms with Crippen molar-refractivity contribution in [2.45, 2.75) is 24.8 Å². The molecule has 30 heavy (non-hydrogen) atoms. The van der Waals surface area contributed by atoms with Gasteiger partial charge in [0, 0.05) is 24.8 Å². The second kappa shape index (κ2) is 7.41. The molecular weight excluding hydrogens is 420 g/mol. The zero-order valence-electron chi connectivity index (χ0n) is 16.2. The van der Waals surface area contributed by atoms with Crippen molar-refractivity contribution in [3.63, 3.8) is 0 Å². The molecule has 2 fully saturated rings. The summed E-state index contributed by atoms with van der Waals surface area (Å²) in [5.74, 6) is -0.350. The molecule has 1 saturated carbocycles. The second-order valence-electron chi connectivity index (χ2n) is 7.90. The highest BCUT2D eigenvalue weighted by molar-refractivity contribution is 8.02. The molecule has 0 radical (unpaired) electrons. The van der Waals surface area contributed by atoms with Crippen molar-refractivity contribution in [1.82, 2.24) is 14.6 Å². The molecule has 2 aromatic rings. The van der Waals surface area contributed by atoms with Crippen molar-refractivity contribution in [2.75, 3.05) is 13.1 Å². The number of nitrogens with one attached hydrogen (secondary N) is 1. The molecule has 8 heteroatoms. The lowest BCUT2D eigenvalue weighted by atomic mass is 9.74. The zero-order chi connectivity index (χ0) is 20.9. The molecule has 1 aliphatic carbocycles. The maximum atomic E-state index is 13.3. The number of carbonyl (C=O) groups is 2. The number of carbonyl (C=O) groups excluding carboxylic acids is 2. The molecule has 1 unspecified atom stereocenters. The fraction of sp³-hybridized carbons (Fsp3) is 0.318. The number of hydrogen-bond acceptors (Lipinski definition) is 5. The highest BCUT2D eigenvalue weighted by Gasteiger charge is 2.53. The first-order valence-electron chi connectivity index (χ1n) is 10.0.